The highest BCUT2D eigenvalue weighted by atomic mass is 19.3. The number of hydrogen-bond donors (Lipinski definition) is 0. The molecule has 0 aliphatic heterocycles. The first-order valence-corrected chi connectivity index (χ1v) is 8.87. The van der Waals surface area contributed by atoms with E-state index in [-0.39, 0.29) is 5.56 Å². The van der Waals surface area contributed by atoms with Gasteiger partial charge in [-0.15, -0.1) is 0 Å². The van der Waals surface area contributed by atoms with Gasteiger partial charge in [-0.3, -0.25) is 0 Å². The van der Waals surface area contributed by atoms with Gasteiger partial charge in [-0.05, 0) is 37.0 Å². The average molecular weight is 394 g/mol. The monoisotopic (exact) mass is 394 g/mol. The van der Waals surface area contributed by atoms with Gasteiger partial charge in [0.15, 0.2) is 0 Å². The van der Waals surface area contributed by atoms with Crippen LogP contribution in [0.15, 0.2) is 60.7 Å². The second kappa shape index (κ2) is 8.59. The van der Waals surface area contributed by atoms with Gasteiger partial charge >= 0.3 is 11.9 Å². The third kappa shape index (κ3) is 5.44. The molecule has 0 fully saturated rings. The highest BCUT2D eigenvalue weighted by Gasteiger charge is 2.44. The van der Waals surface area contributed by atoms with E-state index in [1.54, 1.807) is 19.1 Å². The Morgan fingerprint density at radius 2 is 1.46 bits per heavy atom. The molecule has 2 aromatic carbocycles. The largest absolute Gasteiger partial charge is 0.455 e. The van der Waals surface area contributed by atoms with E-state index in [1.165, 1.54) is 26.0 Å². The topological polar surface area (TPSA) is 26.3 Å². The summed E-state index contributed by atoms with van der Waals surface area (Å²) in [4.78, 5) is 11.8. The minimum absolute atomic E-state index is 0.0677. The summed E-state index contributed by atoms with van der Waals surface area (Å²) in [7, 11) is 0. The molecule has 2 nitrogen and oxygen atoms in total. The van der Waals surface area contributed by atoms with Crippen LogP contribution in [0.1, 0.15) is 39.2 Å². The van der Waals surface area contributed by atoms with Crippen molar-refractivity contribution in [1.29, 1.82) is 0 Å². The SMILES string of the molecule is CCC(C)(C)OC(=O)C(F)(F)CC(=C(F)F)c1ccc(-c2ccccc2)cc1. The molecule has 2 rings (SSSR count). The van der Waals surface area contributed by atoms with Crippen LogP contribution in [0, 0.1) is 0 Å². The number of carbonyl (C=O) groups is 1. The molecule has 0 aliphatic carbocycles. The lowest BCUT2D eigenvalue weighted by Crippen LogP contribution is -2.38. The molecule has 6 heteroatoms. The third-order valence-electron chi connectivity index (χ3n) is 4.49. The van der Waals surface area contributed by atoms with Crippen molar-refractivity contribution in [2.75, 3.05) is 0 Å². The van der Waals surface area contributed by atoms with Crippen LogP contribution in [0.4, 0.5) is 17.6 Å². The Morgan fingerprint density at radius 1 is 0.929 bits per heavy atom. The van der Waals surface area contributed by atoms with E-state index in [9.17, 15) is 22.4 Å². The lowest BCUT2D eigenvalue weighted by Gasteiger charge is -2.26. The Labute approximate surface area is 161 Å². The normalized spacial score (nSPS) is 11.8. The Balaban J connectivity index is 2.24. The summed E-state index contributed by atoms with van der Waals surface area (Å²) in [5, 5.41) is 0. The second-order valence-corrected chi connectivity index (χ2v) is 7.07. The van der Waals surface area contributed by atoms with Crippen molar-refractivity contribution in [1.82, 2.24) is 0 Å². The van der Waals surface area contributed by atoms with Crippen LogP contribution >= 0.6 is 0 Å². The molecule has 0 amide bonds. The van der Waals surface area contributed by atoms with E-state index in [1.807, 2.05) is 30.3 Å². The first kappa shape index (κ1) is 21.7. The van der Waals surface area contributed by atoms with E-state index in [0.717, 1.165) is 11.1 Å². The molecule has 0 atom stereocenters. The Hall–Kier alpha value is -2.63. The zero-order valence-electron chi connectivity index (χ0n) is 15.9. The molecule has 28 heavy (non-hydrogen) atoms. The van der Waals surface area contributed by atoms with Crippen molar-refractivity contribution in [3.8, 4) is 11.1 Å². The molecule has 0 spiro atoms. The van der Waals surface area contributed by atoms with Crippen LogP contribution in [0.5, 0.6) is 0 Å². The molecule has 0 saturated heterocycles. The zero-order valence-corrected chi connectivity index (χ0v) is 15.9. The van der Waals surface area contributed by atoms with E-state index in [2.05, 4.69) is 0 Å². The van der Waals surface area contributed by atoms with Crippen molar-refractivity contribution >= 4 is 11.5 Å². The number of rotatable bonds is 7. The standard InChI is InChI=1S/C22H22F4O2/c1-4-21(2,3)28-20(27)22(25,26)14-18(19(23)24)17-12-10-16(11-13-17)15-8-6-5-7-9-15/h5-13H,4,14H2,1-3H3. The lowest BCUT2D eigenvalue weighted by atomic mass is 9.97. The smallest absolute Gasteiger partial charge is 0.377 e. The number of ether oxygens (including phenoxy) is 1. The van der Waals surface area contributed by atoms with Gasteiger partial charge in [-0.1, -0.05) is 61.5 Å². The highest BCUT2D eigenvalue weighted by Crippen LogP contribution is 2.35. The molecule has 0 aromatic heterocycles. The summed E-state index contributed by atoms with van der Waals surface area (Å²) in [5.41, 5.74) is -0.414. The molecule has 0 N–H and O–H groups in total. The number of allylic oxidation sites excluding steroid dienone is 1. The molecule has 0 heterocycles. The summed E-state index contributed by atoms with van der Waals surface area (Å²) in [6.45, 7) is 4.64. The second-order valence-electron chi connectivity index (χ2n) is 7.07. The van der Waals surface area contributed by atoms with E-state index >= 15 is 0 Å². The number of carbonyl (C=O) groups excluding carboxylic acids is 1. The molecule has 0 bridgehead atoms. The lowest BCUT2D eigenvalue weighted by molar-refractivity contribution is -0.184. The summed E-state index contributed by atoms with van der Waals surface area (Å²) >= 11 is 0. The molecule has 2 aromatic rings. The maximum atomic E-state index is 14.3. The predicted octanol–water partition coefficient (Wildman–Crippen LogP) is 6.72. The summed E-state index contributed by atoms with van der Waals surface area (Å²) in [6, 6.07) is 15.0. The maximum absolute atomic E-state index is 14.3. The van der Waals surface area contributed by atoms with E-state index < -0.39 is 35.6 Å². The van der Waals surface area contributed by atoms with Gasteiger partial charge in [0.25, 0.3) is 6.08 Å². The van der Waals surface area contributed by atoms with Gasteiger partial charge in [0, 0.05) is 5.57 Å². The Morgan fingerprint density at radius 3 is 1.96 bits per heavy atom. The van der Waals surface area contributed by atoms with E-state index in [0.29, 0.717) is 6.42 Å². The van der Waals surface area contributed by atoms with Crippen LogP contribution in [0.3, 0.4) is 0 Å². The fourth-order valence-electron chi connectivity index (χ4n) is 2.46. The van der Waals surface area contributed by atoms with Gasteiger partial charge in [-0.25, -0.2) is 4.79 Å². The van der Waals surface area contributed by atoms with Gasteiger partial charge in [0.05, 0.1) is 6.42 Å². The predicted molar refractivity (Wildman–Crippen MR) is 101 cm³/mol. The number of benzene rings is 2. The minimum atomic E-state index is -4.07. The number of esters is 1. The van der Waals surface area contributed by atoms with Crippen LogP contribution < -0.4 is 0 Å². The molecular formula is C22H22F4O2. The van der Waals surface area contributed by atoms with Crippen molar-refractivity contribution in [3.63, 3.8) is 0 Å². The van der Waals surface area contributed by atoms with Crippen LogP contribution in [0.25, 0.3) is 16.7 Å². The summed E-state index contributed by atoms with van der Waals surface area (Å²) in [6.07, 6.45) is -3.37. The Bertz CT molecular complexity index is 837. The van der Waals surface area contributed by atoms with Crippen LogP contribution in [-0.4, -0.2) is 17.5 Å². The zero-order chi connectivity index (χ0) is 20.9. The first-order chi connectivity index (χ1) is 13.1. The molecule has 0 saturated carbocycles. The Kier molecular flexibility index (Phi) is 6.65. The fourth-order valence-corrected chi connectivity index (χ4v) is 2.46. The van der Waals surface area contributed by atoms with E-state index in [4.69, 9.17) is 4.74 Å². The number of halogens is 4. The first-order valence-electron chi connectivity index (χ1n) is 8.87. The van der Waals surface area contributed by atoms with Gasteiger partial charge < -0.3 is 4.74 Å². The van der Waals surface area contributed by atoms with Gasteiger partial charge in [-0.2, -0.15) is 17.6 Å². The molecule has 0 radical (unpaired) electrons. The quantitative estimate of drug-likeness (QED) is 0.385. The molecular weight excluding hydrogens is 372 g/mol. The third-order valence-corrected chi connectivity index (χ3v) is 4.49. The van der Waals surface area contributed by atoms with Crippen LogP contribution in [-0.2, 0) is 9.53 Å². The van der Waals surface area contributed by atoms with Crippen molar-refractivity contribution in [3.05, 3.63) is 66.2 Å². The molecule has 0 aliphatic rings. The number of alkyl halides is 2. The van der Waals surface area contributed by atoms with Gasteiger partial charge in [0.2, 0.25) is 0 Å². The van der Waals surface area contributed by atoms with Crippen molar-refractivity contribution < 1.29 is 27.1 Å². The highest BCUT2D eigenvalue weighted by molar-refractivity contribution is 5.82. The van der Waals surface area contributed by atoms with Crippen LogP contribution in [0.2, 0.25) is 0 Å². The van der Waals surface area contributed by atoms with Gasteiger partial charge in [0.1, 0.15) is 5.60 Å². The minimum Gasteiger partial charge on any atom is -0.455 e. The summed E-state index contributed by atoms with van der Waals surface area (Å²) in [5.74, 6) is -5.87. The summed E-state index contributed by atoms with van der Waals surface area (Å²) < 4.78 is 60.2. The number of hydrogen-bond acceptors (Lipinski definition) is 2. The van der Waals surface area contributed by atoms with Crippen molar-refractivity contribution in [2.24, 2.45) is 0 Å². The average Bonchev–Trinajstić information content (AvgIpc) is 2.66. The van der Waals surface area contributed by atoms with Crippen molar-refractivity contribution in [2.45, 2.75) is 45.1 Å². The molecule has 150 valence electrons. The fraction of sp³-hybridized carbons (Fsp3) is 0.318. The maximum Gasteiger partial charge on any atom is 0.377 e. The molecule has 0 unspecified atom stereocenters.